The van der Waals surface area contributed by atoms with Crippen molar-refractivity contribution in [3.05, 3.63) is 116 Å². The van der Waals surface area contributed by atoms with E-state index in [1.807, 2.05) is 64.7 Å². The molecule has 0 bridgehead atoms. The fourth-order valence-electron chi connectivity index (χ4n) is 4.66. The molecular formula is C30H25FN6O2S3. The van der Waals surface area contributed by atoms with Crippen molar-refractivity contribution < 1.29 is 14.0 Å². The van der Waals surface area contributed by atoms with Gasteiger partial charge in [-0.3, -0.25) is 14.2 Å². The van der Waals surface area contributed by atoms with Gasteiger partial charge in [-0.25, -0.2) is 9.40 Å². The molecule has 12 heteroatoms. The summed E-state index contributed by atoms with van der Waals surface area (Å²) in [5.41, 5.74) is 3.52. The highest BCUT2D eigenvalue weighted by molar-refractivity contribution is 7.99. The zero-order chi connectivity index (χ0) is 29.1. The molecule has 2 amide bonds. The summed E-state index contributed by atoms with van der Waals surface area (Å²) >= 11 is 4.19. The molecule has 0 fully saturated rings. The summed E-state index contributed by atoms with van der Waals surface area (Å²) in [7, 11) is 0. The molecule has 1 aliphatic heterocycles. The van der Waals surface area contributed by atoms with Crippen LogP contribution in [0.15, 0.2) is 93.8 Å². The van der Waals surface area contributed by atoms with Crippen molar-refractivity contribution >= 4 is 52.0 Å². The Kier molecular flexibility index (Phi) is 8.27. The van der Waals surface area contributed by atoms with Crippen LogP contribution in [0.5, 0.6) is 0 Å². The lowest BCUT2D eigenvalue weighted by atomic mass is 10.0. The molecule has 4 heterocycles. The van der Waals surface area contributed by atoms with Gasteiger partial charge in [0.25, 0.3) is 11.8 Å². The predicted octanol–water partition coefficient (Wildman–Crippen LogP) is 6.24. The van der Waals surface area contributed by atoms with Crippen molar-refractivity contribution in [2.45, 2.75) is 31.1 Å². The number of carbonyl (C=O) groups excluding carboxylic acids is 2. The van der Waals surface area contributed by atoms with Crippen molar-refractivity contribution in [3.8, 4) is 5.69 Å². The van der Waals surface area contributed by atoms with Crippen LogP contribution in [0.4, 0.5) is 4.39 Å². The van der Waals surface area contributed by atoms with E-state index in [4.69, 9.17) is 5.10 Å². The second kappa shape index (κ2) is 12.4. The summed E-state index contributed by atoms with van der Waals surface area (Å²) in [4.78, 5) is 27.8. The minimum Gasteiger partial charge on any atom is -0.344 e. The number of hydrazone groups is 1. The van der Waals surface area contributed by atoms with E-state index in [1.165, 1.54) is 40.2 Å². The molecule has 42 heavy (non-hydrogen) atoms. The highest BCUT2D eigenvalue weighted by atomic mass is 32.2. The third-order valence-electron chi connectivity index (χ3n) is 6.66. The van der Waals surface area contributed by atoms with Gasteiger partial charge in [0.15, 0.2) is 11.0 Å². The number of halogens is 1. The van der Waals surface area contributed by atoms with Crippen LogP contribution in [-0.2, 0) is 11.3 Å². The number of aryl methyl sites for hydroxylation is 1. The molecule has 1 aliphatic rings. The van der Waals surface area contributed by atoms with Gasteiger partial charge >= 0.3 is 0 Å². The van der Waals surface area contributed by atoms with E-state index in [0.717, 1.165) is 27.4 Å². The minimum atomic E-state index is -0.339. The highest BCUT2D eigenvalue weighted by Crippen LogP contribution is 2.35. The van der Waals surface area contributed by atoms with Crippen molar-refractivity contribution in [1.29, 1.82) is 0 Å². The van der Waals surface area contributed by atoms with Crippen LogP contribution >= 0.6 is 34.4 Å². The van der Waals surface area contributed by atoms with Gasteiger partial charge in [-0.15, -0.1) is 32.9 Å². The quantitative estimate of drug-likeness (QED) is 0.198. The van der Waals surface area contributed by atoms with E-state index in [2.05, 4.69) is 15.5 Å². The first-order chi connectivity index (χ1) is 20.5. The lowest BCUT2D eigenvalue weighted by Gasteiger charge is -2.22. The van der Waals surface area contributed by atoms with Crippen LogP contribution < -0.4 is 5.32 Å². The smallest absolute Gasteiger partial charge is 0.261 e. The number of rotatable bonds is 9. The standard InChI is InChI=1S/C30H25FN6O2S3/c1-19-5-2-6-22(15-19)36-27(17-32-29(39)26-8-4-14-41-26)33-34-30(36)42-18-28(38)37-24(20-9-11-21(31)12-10-20)16-23(35-37)25-7-3-13-40-25/h2-15,24H,16-18H2,1H3,(H,32,39)/t24-/m0/s1. The first-order valence-corrected chi connectivity index (χ1v) is 15.9. The fraction of sp³-hybridized carbons (Fsp3) is 0.167. The molecular weight excluding hydrogens is 592 g/mol. The molecule has 2 aromatic carbocycles. The maximum absolute atomic E-state index is 13.7. The zero-order valence-electron chi connectivity index (χ0n) is 22.4. The molecule has 1 atom stereocenters. The van der Waals surface area contributed by atoms with Crippen molar-refractivity contribution in [1.82, 2.24) is 25.1 Å². The number of aromatic nitrogens is 3. The average Bonchev–Trinajstić information content (AvgIpc) is 3.81. The number of thiophene rings is 2. The number of thioether (sulfide) groups is 1. The average molecular weight is 617 g/mol. The van der Waals surface area contributed by atoms with Crippen LogP contribution in [0.25, 0.3) is 5.69 Å². The zero-order valence-corrected chi connectivity index (χ0v) is 24.9. The van der Waals surface area contributed by atoms with Crippen LogP contribution in [0.1, 0.15) is 44.0 Å². The van der Waals surface area contributed by atoms with Gasteiger partial charge in [0.2, 0.25) is 0 Å². The number of carbonyl (C=O) groups is 2. The Morgan fingerprint density at radius 2 is 1.83 bits per heavy atom. The molecule has 1 N–H and O–H groups in total. The van der Waals surface area contributed by atoms with Crippen LogP contribution in [0.3, 0.4) is 0 Å². The molecule has 0 spiro atoms. The van der Waals surface area contributed by atoms with Gasteiger partial charge < -0.3 is 5.32 Å². The third kappa shape index (κ3) is 6.06. The molecule has 8 nitrogen and oxygen atoms in total. The Bertz CT molecular complexity index is 1730. The number of benzene rings is 2. The minimum absolute atomic E-state index is 0.0599. The second-order valence-corrected chi connectivity index (χ2v) is 12.4. The Labute approximate surface area is 253 Å². The van der Waals surface area contributed by atoms with E-state index < -0.39 is 0 Å². The lowest BCUT2D eigenvalue weighted by molar-refractivity contribution is -0.130. The Balaban J connectivity index is 1.24. The van der Waals surface area contributed by atoms with Gasteiger partial charge in [-0.1, -0.05) is 48.2 Å². The predicted molar refractivity (Wildman–Crippen MR) is 164 cm³/mol. The molecule has 0 radical (unpaired) electrons. The second-order valence-electron chi connectivity index (χ2n) is 9.56. The maximum Gasteiger partial charge on any atom is 0.261 e. The largest absolute Gasteiger partial charge is 0.344 e. The SMILES string of the molecule is Cc1cccc(-n2c(CNC(=O)c3cccs3)nnc2SCC(=O)N2N=C(c3cccs3)C[C@H]2c2ccc(F)cc2)c1. The normalized spacial score (nSPS) is 14.7. The Hall–Kier alpha value is -4.13. The van der Waals surface area contributed by atoms with Gasteiger partial charge in [-0.05, 0) is 65.2 Å². The van der Waals surface area contributed by atoms with E-state index >= 15 is 0 Å². The fourth-order valence-corrected chi connectivity index (χ4v) is 6.84. The van der Waals surface area contributed by atoms with Crippen molar-refractivity contribution in [2.24, 2.45) is 5.10 Å². The number of amides is 2. The third-order valence-corrected chi connectivity index (χ3v) is 9.36. The maximum atomic E-state index is 13.7. The Morgan fingerprint density at radius 3 is 2.57 bits per heavy atom. The van der Waals surface area contributed by atoms with Crippen LogP contribution in [0, 0.1) is 12.7 Å². The van der Waals surface area contributed by atoms with Gasteiger partial charge in [0, 0.05) is 12.1 Å². The first-order valence-electron chi connectivity index (χ1n) is 13.1. The summed E-state index contributed by atoms with van der Waals surface area (Å²) in [5, 5.41) is 22.2. The summed E-state index contributed by atoms with van der Waals surface area (Å²) in [6, 6.07) is 21.3. The first kappa shape index (κ1) is 28.0. The molecule has 212 valence electrons. The van der Waals surface area contributed by atoms with Crippen LogP contribution in [0.2, 0.25) is 0 Å². The number of hydrogen-bond acceptors (Lipinski definition) is 8. The van der Waals surface area contributed by atoms with E-state index in [0.29, 0.717) is 22.3 Å². The van der Waals surface area contributed by atoms with Gasteiger partial charge in [0.1, 0.15) is 5.82 Å². The topological polar surface area (TPSA) is 92.5 Å². The molecule has 3 aromatic heterocycles. The molecule has 0 saturated heterocycles. The molecule has 5 aromatic rings. The van der Waals surface area contributed by atoms with E-state index in [1.54, 1.807) is 29.5 Å². The molecule has 0 unspecified atom stereocenters. The summed E-state index contributed by atoms with van der Waals surface area (Å²) in [6.07, 6.45) is 0.538. The molecule has 0 aliphatic carbocycles. The number of nitrogens with one attached hydrogen (secondary N) is 1. The molecule has 0 saturated carbocycles. The lowest BCUT2D eigenvalue weighted by Crippen LogP contribution is -2.28. The molecule has 6 rings (SSSR count). The summed E-state index contributed by atoms with van der Waals surface area (Å²) < 4.78 is 15.5. The summed E-state index contributed by atoms with van der Waals surface area (Å²) in [6.45, 7) is 2.16. The van der Waals surface area contributed by atoms with Gasteiger partial charge in [0.05, 0.1) is 33.8 Å². The monoisotopic (exact) mass is 616 g/mol. The summed E-state index contributed by atoms with van der Waals surface area (Å²) in [5.74, 6) is -0.114. The van der Waals surface area contributed by atoms with E-state index in [-0.39, 0.29) is 36.0 Å². The van der Waals surface area contributed by atoms with Crippen molar-refractivity contribution in [2.75, 3.05) is 5.75 Å². The van der Waals surface area contributed by atoms with E-state index in [9.17, 15) is 14.0 Å². The van der Waals surface area contributed by atoms with Crippen LogP contribution in [-0.4, -0.2) is 43.1 Å². The number of hydrogen-bond donors (Lipinski definition) is 1. The van der Waals surface area contributed by atoms with Crippen molar-refractivity contribution in [3.63, 3.8) is 0 Å². The Morgan fingerprint density at radius 1 is 1.02 bits per heavy atom. The number of nitrogens with zero attached hydrogens (tertiary/aromatic N) is 5. The van der Waals surface area contributed by atoms with Gasteiger partial charge in [-0.2, -0.15) is 5.10 Å². The highest BCUT2D eigenvalue weighted by Gasteiger charge is 2.33.